The van der Waals surface area contributed by atoms with Crippen LogP contribution in [-0.2, 0) is 30.4 Å². The summed E-state index contributed by atoms with van der Waals surface area (Å²) in [4.78, 5) is 74.7. The number of Topliss-reactive ketones (excluding diaryl/α,β-unsaturated/α-hetero) is 1. The molecule has 0 radical (unpaired) electrons. The van der Waals surface area contributed by atoms with Crippen molar-refractivity contribution in [2.45, 2.75) is 116 Å². The maximum atomic E-state index is 14.1. The van der Waals surface area contributed by atoms with Crippen LogP contribution in [0.3, 0.4) is 0 Å². The summed E-state index contributed by atoms with van der Waals surface area (Å²) >= 11 is 3.47. The van der Waals surface area contributed by atoms with Crippen LogP contribution >= 0.6 is 15.9 Å². The highest BCUT2D eigenvalue weighted by Crippen LogP contribution is 2.33. The fourth-order valence-corrected chi connectivity index (χ4v) is 6.86. The van der Waals surface area contributed by atoms with Crippen molar-refractivity contribution in [3.8, 4) is 5.88 Å². The lowest BCUT2D eigenvalue weighted by Gasteiger charge is -2.39. The van der Waals surface area contributed by atoms with E-state index in [9.17, 15) is 29.1 Å². The van der Waals surface area contributed by atoms with Crippen LogP contribution in [0.1, 0.15) is 90.5 Å². The van der Waals surface area contributed by atoms with Crippen molar-refractivity contribution >= 4 is 56.2 Å². The highest BCUT2D eigenvalue weighted by Gasteiger charge is 2.41. The molecule has 1 aromatic heterocycles. The topological polar surface area (TPSA) is 159 Å². The minimum atomic E-state index is -1.19. The summed E-state index contributed by atoms with van der Waals surface area (Å²) in [6, 6.07) is 1.54. The van der Waals surface area contributed by atoms with Gasteiger partial charge in [-0.3, -0.25) is 24.0 Å². The Balaban J connectivity index is 1.71. The largest absolute Gasteiger partial charge is 0.492 e. The second kappa shape index (κ2) is 16.5. The number of nitrogens with zero attached hydrogens (tertiary/aromatic N) is 2. The molecule has 4 N–H and O–H groups in total. The fourth-order valence-electron chi connectivity index (χ4n) is 6.50. The number of hydrogen-bond donors (Lipinski definition) is 4. The Hall–Kier alpha value is -3.61. The highest BCUT2D eigenvalue weighted by atomic mass is 79.9. The zero-order valence-electron chi connectivity index (χ0n) is 27.8. The molecule has 0 saturated carbocycles. The lowest BCUT2D eigenvalue weighted by Crippen LogP contribution is -2.64. The maximum absolute atomic E-state index is 14.1. The van der Waals surface area contributed by atoms with Crippen LogP contribution in [0.4, 0.5) is 0 Å². The van der Waals surface area contributed by atoms with Crippen molar-refractivity contribution in [1.82, 2.24) is 25.6 Å². The Morgan fingerprint density at radius 1 is 1.02 bits per heavy atom. The average molecular weight is 719 g/mol. The molecule has 12 nitrogen and oxygen atoms in total. The molecule has 5 atom stereocenters. The van der Waals surface area contributed by atoms with Gasteiger partial charge in [0.15, 0.2) is 0 Å². The molecular weight excluding hydrogens is 670 g/mol. The van der Waals surface area contributed by atoms with Gasteiger partial charge in [-0.15, -0.1) is 4.73 Å². The molecule has 2 fully saturated rings. The Morgan fingerprint density at radius 3 is 2.45 bits per heavy atom. The van der Waals surface area contributed by atoms with Crippen LogP contribution in [-0.4, -0.2) is 82.0 Å². The summed E-state index contributed by atoms with van der Waals surface area (Å²) in [7, 11) is 1.41. The number of ketones is 1. The number of fused-ring (bicyclic) bond motifs is 2. The first-order chi connectivity index (χ1) is 22.5. The van der Waals surface area contributed by atoms with Crippen molar-refractivity contribution in [1.29, 1.82) is 0 Å². The molecule has 258 valence electrons. The number of rotatable bonds is 12. The van der Waals surface area contributed by atoms with E-state index >= 15 is 0 Å². The average Bonchev–Trinajstić information content (AvgIpc) is 3.33. The van der Waals surface area contributed by atoms with Gasteiger partial charge >= 0.3 is 0 Å². The minimum absolute atomic E-state index is 0.111. The van der Waals surface area contributed by atoms with Crippen molar-refractivity contribution in [2.75, 3.05) is 13.7 Å². The van der Waals surface area contributed by atoms with Crippen molar-refractivity contribution < 1.29 is 33.9 Å². The summed E-state index contributed by atoms with van der Waals surface area (Å²) < 4.78 is 1.99. The van der Waals surface area contributed by atoms with Gasteiger partial charge in [-0.1, -0.05) is 56.0 Å². The van der Waals surface area contributed by atoms with E-state index in [2.05, 4.69) is 31.9 Å². The van der Waals surface area contributed by atoms with E-state index in [-0.39, 0.29) is 29.9 Å². The first kappa shape index (κ1) is 36.2. The van der Waals surface area contributed by atoms with Gasteiger partial charge < -0.3 is 30.8 Å². The molecular formula is C34H48BrN5O7. The molecule has 47 heavy (non-hydrogen) atoms. The number of nitrogens with one attached hydrogen (secondary N) is 3. The minimum Gasteiger partial charge on any atom is -0.492 e. The van der Waals surface area contributed by atoms with Gasteiger partial charge in [-0.05, 0) is 56.2 Å². The van der Waals surface area contributed by atoms with Crippen LogP contribution in [0.5, 0.6) is 5.88 Å². The first-order valence-electron chi connectivity index (χ1n) is 16.8. The number of carbonyl (C=O) groups is 5. The Morgan fingerprint density at radius 2 is 1.74 bits per heavy atom. The molecule has 2 aromatic rings. The number of carbonyl (C=O) groups excluding carboxylic acids is 5. The molecule has 2 aliphatic rings. The number of unbranched alkanes of at least 4 members (excludes halogenated alkanes) is 2. The van der Waals surface area contributed by atoms with Gasteiger partial charge in [0, 0.05) is 41.2 Å². The second-order valence-electron chi connectivity index (χ2n) is 12.7. The van der Waals surface area contributed by atoms with Gasteiger partial charge in [-0.25, -0.2) is 0 Å². The lowest BCUT2D eigenvalue weighted by molar-refractivity contribution is -0.147. The summed E-state index contributed by atoms with van der Waals surface area (Å²) in [5.74, 6) is -2.10. The Labute approximate surface area is 284 Å². The number of piperidine rings is 1. The third-order valence-corrected chi connectivity index (χ3v) is 10.0. The van der Waals surface area contributed by atoms with E-state index in [0.29, 0.717) is 74.4 Å². The Bertz CT molecular complexity index is 1480. The quantitative estimate of drug-likeness (QED) is 0.245. The zero-order valence-corrected chi connectivity index (χ0v) is 29.4. The molecule has 2 unspecified atom stereocenters. The number of benzene rings is 1. The molecule has 4 amide bonds. The van der Waals surface area contributed by atoms with Gasteiger partial charge in [0.2, 0.25) is 29.5 Å². The predicted molar refractivity (Wildman–Crippen MR) is 180 cm³/mol. The third-order valence-electron chi connectivity index (χ3n) is 9.53. The summed E-state index contributed by atoms with van der Waals surface area (Å²) in [5.41, 5.74) is 0.943. The highest BCUT2D eigenvalue weighted by molar-refractivity contribution is 9.10. The third kappa shape index (κ3) is 8.46. The van der Waals surface area contributed by atoms with Gasteiger partial charge in [0.1, 0.15) is 37.1 Å². The smallest absolute Gasteiger partial charge is 0.246 e. The first-order valence-corrected chi connectivity index (χ1v) is 17.6. The van der Waals surface area contributed by atoms with E-state index in [1.165, 1.54) is 11.8 Å². The molecule has 3 heterocycles. The van der Waals surface area contributed by atoms with Crippen LogP contribution < -0.4 is 20.8 Å². The van der Waals surface area contributed by atoms with Crippen molar-refractivity contribution in [3.05, 3.63) is 28.2 Å². The molecule has 0 bridgehead atoms. The fraction of sp³-hybridized carbons (Fsp3) is 0.618. The van der Waals surface area contributed by atoms with Crippen molar-refractivity contribution in [3.63, 3.8) is 0 Å². The number of halogens is 1. The molecule has 1 aromatic carbocycles. The Kier molecular flexibility index (Phi) is 12.7. The second-order valence-corrected chi connectivity index (χ2v) is 13.6. The molecule has 2 aliphatic heterocycles. The molecule has 4 rings (SSSR count). The predicted octanol–water partition coefficient (Wildman–Crippen LogP) is 3.54. The van der Waals surface area contributed by atoms with E-state index in [0.717, 1.165) is 17.3 Å². The van der Waals surface area contributed by atoms with E-state index in [1.54, 1.807) is 23.1 Å². The van der Waals surface area contributed by atoms with E-state index < -0.39 is 41.9 Å². The maximum Gasteiger partial charge on any atom is 0.246 e. The lowest BCUT2D eigenvalue weighted by atomic mass is 9.93. The molecule has 13 heteroatoms. The SMILES string of the molecule is CCC(=O)CCCCC[C@@H]1NC(=O)[C@H]2CCCCN2C(=O)[C@H](C(C)CC)NC(=O)C(Cc2c(O)n(OC)c3ccc(Br)cc23)NC1=O. The molecule has 0 spiro atoms. The normalized spacial score (nSPS) is 23.2. The van der Waals surface area contributed by atoms with Crippen LogP contribution in [0.15, 0.2) is 22.7 Å². The van der Waals surface area contributed by atoms with E-state index in [4.69, 9.17) is 4.84 Å². The number of hydrogen-bond acceptors (Lipinski definition) is 7. The summed E-state index contributed by atoms with van der Waals surface area (Å²) in [6.45, 7) is 6.01. The van der Waals surface area contributed by atoms with Gasteiger partial charge in [0.25, 0.3) is 0 Å². The molecule has 2 saturated heterocycles. The zero-order chi connectivity index (χ0) is 34.2. The number of amides is 4. The van der Waals surface area contributed by atoms with Gasteiger partial charge in [0.05, 0.1) is 5.52 Å². The van der Waals surface area contributed by atoms with Crippen LogP contribution in [0, 0.1) is 5.92 Å². The standard InChI is InChI=1S/C34H48BrN5O7/c1-5-20(3)29-34(46)39-17-11-10-14-28(39)32(44)36-25(13-9-7-8-12-22(41)6-2)30(42)37-26(31(43)38-29)19-24-23-18-21(35)15-16-27(23)40(47-4)33(24)45/h15-16,18,20,25-26,28-29,45H,5-14,17,19H2,1-4H3,(H,36,44)(H,37,42)(H,38,43)/t20?,25-,26?,28+,29-/m0/s1. The van der Waals surface area contributed by atoms with Gasteiger partial charge in [-0.2, -0.15) is 0 Å². The van der Waals surface area contributed by atoms with E-state index in [1.807, 2.05) is 20.8 Å². The molecule has 0 aliphatic carbocycles. The summed E-state index contributed by atoms with van der Waals surface area (Å²) in [6.07, 6.45) is 5.64. The van der Waals surface area contributed by atoms with Crippen molar-refractivity contribution in [2.24, 2.45) is 5.92 Å². The monoisotopic (exact) mass is 717 g/mol. The number of aromatic hydroxyl groups is 1. The van der Waals surface area contributed by atoms with Crippen LogP contribution in [0.25, 0.3) is 10.9 Å². The summed E-state index contributed by atoms with van der Waals surface area (Å²) in [5, 5.41) is 20.5. The number of aromatic nitrogens is 1. The van der Waals surface area contributed by atoms with Crippen LogP contribution in [0.2, 0.25) is 0 Å².